The molecule has 0 bridgehead atoms. The summed E-state index contributed by atoms with van der Waals surface area (Å²) in [6, 6.07) is 14.8. The lowest BCUT2D eigenvalue weighted by atomic mass is 9.83. The van der Waals surface area contributed by atoms with Crippen LogP contribution in [-0.4, -0.2) is 12.3 Å². The maximum Gasteiger partial charge on any atom is 0.217 e. The van der Waals surface area contributed by atoms with E-state index in [4.69, 9.17) is 0 Å². The Morgan fingerprint density at radius 2 is 0.853 bits per heavy atom. The van der Waals surface area contributed by atoms with Gasteiger partial charge in [0.25, 0.3) is 0 Å². The summed E-state index contributed by atoms with van der Waals surface area (Å²) in [5, 5.41) is 0. The predicted octanol–water partition coefficient (Wildman–Crippen LogP) is 8.23. The van der Waals surface area contributed by atoms with E-state index in [0.717, 1.165) is 36.8 Å². The molecule has 0 radical (unpaired) electrons. The molecule has 0 N–H and O–H groups in total. The van der Waals surface area contributed by atoms with Crippen LogP contribution in [0.4, 0.5) is 17.6 Å². The number of hydrogen-bond acceptors (Lipinski definition) is 0. The normalized spacial score (nSPS) is 25.3. The van der Waals surface area contributed by atoms with Crippen LogP contribution in [-0.2, 0) is 0 Å². The summed E-state index contributed by atoms with van der Waals surface area (Å²) in [6.45, 7) is 0. The summed E-state index contributed by atoms with van der Waals surface area (Å²) in [5.41, 5.74) is 3.42. The van der Waals surface area contributed by atoms with Gasteiger partial charge in [-0.2, -0.15) is 8.78 Å². The van der Waals surface area contributed by atoms with Gasteiger partial charge in [-0.25, -0.2) is 8.78 Å². The van der Waals surface area contributed by atoms with Crippen LogP contribution < -0.4 is 0 Å². The molecule has 0 saturated heterocycles. The van der Waals surface area contributed by atoms with Gasteiger partial charge in [-0.3, -0.25) is 0 Å². The fourth-order valence-electron chi connectivity index (χ4n) is 4.81. The minimum Gasteiger partial charge on any atom is -0.247 e. The fourth-order valence-corrected chi connectivity index (χ4v) is 4.81. The Morgan fingerprint density at radius 1 is 0.529 bits per heavy atom. The Kier molecular flexibility index (Phi) is 8.12. The smallest absolute Gasteiger partial charge is 0.217 e. The minimum absolute atomic E-state index is 0.345. The zero-order valence-corrected chi connectivity index (χ0v) is 19.1. The standard InChI is InChI=1S/C30H28F4/c31-27-15-11-25(12-16-27)23-7-1-21(2-8-23)5-19-29(33)30(34)20-6-22-3-9-24(10-4-22)26-13-17-28(32)18-14-26/h1-4,7-10,25-28H,11-18H2/b30-29+. The zero-order valence-electron chi connectivity index (χ0n) is 19.1. The first-order valence-electron chi connectivity index (χ1n) is 12.1. The van der Waals surface area contributed by atoms with Gasteiger partial charge in [0, 0.05) is 11.1 Å². The third-order valence-corrected chi connectivity index (χ3v) is 6.90. The third kappa shape index (κ3) is 6.54. The van der Waals surface area contributed by atoms with E-state index in [1.165, 1.54) is 0 Å². The average Bonchev–Trinajstić information content (AvgIpc) is 2.87. The number of allylic oxidation sites excluding steroid dienone is 2. The number of rotatable bonds is 2. The van der Waals surface area contributed by atoms with Gasteiger partial charge in [0.1, 0.15) is 12.3 Å². The Bertz CT molecular complexity index is 1020. The van der Waals surface area contributed by atoms with Gasteiger partial charge in [-0.05, 0) is 110 Å². The molecule has 0 spiro atoms. The van der Waals surface area contributed by atoms with Gasteiger partial charge in [-0.15, -0.1) is 0 Å². The van der Waals surface area contributed by atoms with Crippen molar-refractivity contribution in [2.24, 2.45) is 0 Å². The fraction of sp³-hybridized carbons (Fsp3) is 0.400. The van der Waals surface area contributed by atoms with E-state index in [9.17, 15) is 17.6 Å². The Hall–Kier alpha value is -2.98. The van der Waals surface area contributed by atoms with Crippen LogP contribution in [0.3, 0.4) is 0 Å². The zero-order chi connectivity index (χ0) is 23.9. The largest absolute Gasteiger partial charge is 0.247 e. The predicted molar refractivity (Wildman–Crippen MR) is 128 cm³/mol. The molecule has 4 rings (SSSR count). The summed E-state index contributed by atoms with van der Waals surface area (Å²) < 4.78 is 54.8. The second-order valence-electron chi connectivity index (χ2n) is 9.27. The van der Waals surface area contributed by atoms with E-state index >= 15 is 0 Å². The lowest BCUT2D eigenvalue weighted by Gasteiger charge is -2.24. The number of halogens is 4. The van der Waals surface area contributed by atoms with Crippen molar-refractivity contribution in [2.75, 3.05) is 0 Å². The quantitative estimate of drug-likeness (QED) is 0.310. The van der Waals surface area contributed by atoms with Crippen LogP contribution in [0.2, 0.25) is 0 Å². The number of benzene rings is 2. The maximum absolute atomic E-state index is 14.1. The van der Waals surface area contributed by atoms with Gasteiger partial charge >= 0.3 is 0 Å². The van der Waals surface area contributed by atoms with Crippen molar-refractivity contribution in [3.8, 4) is 23.7 Å². The van der Waals surface area contributed by atoms with E-state index in [1.807, 2.05) is 24.3 Å². The van der Waals surface area contributed by atoms with Crippen molar-refractivity contribution < 1.29 is 17.6 Å². The Balaban J connectivity index is 1.36. The SMILES string of the molecule is F/C(C#Cc1ccc(C2CCC(F)CC2)cc1)=C(/F)C#Cc1ccc(C2CCC(F)CC2)cc1. The first kappa shape index (κ1) is 24.2. The summed E-state index contributed by atoms with van der Waals surface area (Å²) >= 11 is 0. The lowest BCUT2D eigenvalue weighted by molar-refractivity contribution is 0.235. The molecule has 0 heterocycles. The van der Waals surface area contributed by atoms with E-state index in [0.29, 0.717) is 48.6 Å². The van der Waals surface area contributed by atoms with Crippen molar-refractivity contribution in [1.82, 2.24) is 0 Å². The van der Waals surface area contributed by atoms with E-state index in [2.05, 4.69) is 23.7 Å². The maximum atomic E-state index is 14.1. The monoisotopic (exact) mass is 464 g/mol. The molecule has 176 valence electrons. The van der Waals surface area contributed by atoms with Crippen molar-refractivity contribution in [2.45, 2.75) is 75.5 Å². The van der Waals surface area contributed by atoms with Crippen molar-refractivity contribution in [1.29, 1.82) is 0 Å². The summed E-state index contributed by atoms with van der Waals surface area (Å²) in [6.07, 6.45) is 4.30. The first-order chi connectivity index (χ1) is 16.5. The molecule has 0 unspecified atom stereocenters. The molecule has 2 aromatic rings. The van der Waals surface area contributed by atoms with Gasteiger partial charge in [-0.1, -0.05) is 36.1 Å². The minimum atomic E-state index is -1.20. The molecule has 2 aliphatic rings. The Morgan fingerprint density at radius 3 is 1.18 bits per heavy atom. The highest BCUT2D eigenvalue weighted by molar-refractivity contribution is 5.46. The van der Waals surface area contributed by atoms with Crippen molar-refractivity contribution in [3.05, 3.63) is 82.4 Å². The van der Waals surface area contributed by atoms with Crippen LogP contribution in [0.25, 0.3) is 0 Å². The Labute approximate surface area is 199 Å². The third-order valence-electron chi connectivity index (χ3n) is 6.90. The molecule has 2 aliphatic carbocycles. The summed E-state index contributed by atoms with van der Waals surface area (Å²) in [4.78, 5) is 0. The molecule has 2 aromatic carbocycles. The molecule has 0 amide bonds. The first-order valence-corrected chi connectivity index (χ1v) is 12.1. The molecular weight excluding hydrogens is 436 g/mol. The van der Waals surface area contributed by atoms with Crippen LogP contribution >= 0.6 is 0 Å². The summed E-state index contributed by atoms with van der Waals surface area (Å²) in [7, 11) is 0. The molecule has 0 aliphatic heterocycles. The molecular formula is C30H28F4. The summed E-state index contributed by atoms with van der Waals surface area (Å²) in [5.74, 6) is 7.96. The molecule has 0 nitrogen and oxygen atoms in total. The van der Waals surface area contributed by atoms with E-state index in [1.54, 1.807) is 24.3 Å². The van der Waals surface area contributed by atoms with Crippen molar-refractivity contribution in [3.63, 3.8) is 0 Å². The topological polar surface area (TPSA) is 0 Å². The highest BCUT2D eigenvalue weighted by atomic mass is 19.2. The number of alkyl halides is 2. The second-order valence-corrected chi connectivity index (χ2v) is 9.27. The molecule has 4 heteroatoms. The van der Waals surface area contributed by atoms with Gasteiger partial charge < -0.3 is 0 Å². The second kappa shape index (κ2) is 11.4. The van der Waals surface area contributed by atoms with E-state index in [-0.39, 0.29) is 0 Å². The van der Waals surface area contributed by atoms with Gasteiger partial charge in [0.15, 0.2) is 0 Å². The van der Waals surface area contributed by atoms with Crippen LogP contribution in [0.5, 0.6) is 0 Å². The van der Waals surface area contributed by atoms with Gasteiger partial charge in [0.2, 0.25) is 11.7 Å². The van der Waals surface area contributed by atoms with Crippen LogP contribution in [0.1, 0.15) is 85.5 Å². The molecule has 0 atom stereocenters. The van der Waals surface area contributed by atoms with Crippen molar-refractivity contribution >= 4 is 0 Å². The lowest BCUT2D eigenvalue weighted by Crippen LogP contribution is -2.13. The molecule has 0 aromatic heterocycles. The van der Waals surface area contributed by atoms with Crippen LogP contribution in [0.15, 0.2) is 60.2 Å². The molecule has 34 heavy (non-hydrogen) atoms. The molecule has 2 saturated carbocycles. The van der Waals surface area contributed by atoms with E-state index < -0.39 is 24.0 Å². The highest BCUT2D eigenvalue weighted by Gasteiger charge is 2.22. The molecule has 2 fully saturated rings. The highest BCUT2D eigenvalue weighted by Crippen LogP contribution is 2.35. The average molecular weight is 465 g/mol. The van der Waals surface area contributed by atoms with Crippen LogP contribution in [0, 0.1) is 23.7 Å². The number of hydrogen-bond donors (Lipinski definition) is 0. The van der Waals surface area contributed by atoms with Gasteiger partial charge in [0.05, 0.1) is 0 Å².